The fraction of sp³-hybridized carbons (Fsp3) is 0.367. The van der Waals surface area contributed by atoms with Gasteiger partial charge in [0.05, 0.1) is 24.2 Å². The minimum Gasteiger partial charge on any atom is -0.467 e. The molecule has 8 nitrogen and oxygen atoms in total. The van der Waals surface area contributed by atoms with Crippen LogP contribution < -0.4 is 15.1 Å². The number of para-hydroxylation sites is 2. The van der Waals surface area contributed by atoms with E-state index in [9.17, 15) is 9.59 Å². The molecule has 0 bridgehead atoms. The van der Waals surface area contributed by atoms with Gasteiger partial charge in [0, 0.05) is 50.1 Å². The van der Waals surface area contributed by atoms with Crippen molar-refractivity contribution in [3.8, 4) is 0 Å². The van der Waals surface area contributed by atoms with Crippen molar-refractivity contribution in [1.29, 1.82) is 0 Å². The second-order valence-electron chi connectivity index (χ2n) is 11.1. The van der Waals surface area contributed by atoms with E-state index < -0.39 is 6.04 Å². The van der Waals surface area contributed by atoms with Crippen LogP contribution in [0, 0.1) is 5.41 Å². The van der Waals surface area contributed by atoms with Gasteiger partial charge in [-0.3, -0.25) is 9.59 Å². The van der Waals surface area contributed by atoms with E-state index in [2.05, 4.69) is 29.0 Å². The number of ketones is 1. The van der Waals surface area contributed by atoms with Crippen LogP contribution in [0.1, 0.15) is 38.5 Å². The van der Waals surface area contributed by atoms with Crippen LogP contribution in [0.15, 0.2) is 82.7 Å². The molecule has 0 radical (unpaired) electrons. The normalized spacial score (nSPS) is 20.9. The van der Waals surface area contributed by atoms with Gasteiger partial charge in [0.15, 0.2) is 5.78 Å². The summed E-state index contributed by atoms with van der Waals surface area (Å²) in [7, 11) is 0. The number of piperazine rings is 1. The molecule has 8 heteroatoms. The van der Waals surface area contributed by atoms with Crippen molar-refractivity contribution in [3.05, 3.63) is 84.1 Å². The molecule has 1 aliphatic carbocycles. The number of nitrogens with zero attached hydrogens (tertiary/aromatic N) is 4. The Morgan fingerprint density at radius 1 is 1.03 bits per heavy atom. The zero-order chi connectivity index (χ0) is 26.3. The van der Waals surface area contributed by atoms with Crippen LogP contribution in [0.25, 0.3) is 0 Å². The lowest BCUT2D eigenvalue weighted by atomic mass is 9.74. The van der Waals surface area contributed by atoms with Crippen molar-refractivity contribution in [2.75, 3.05) is 47.8 Å². The lowest BCUT2D eigenvalue weighted by Gasteiger charge is -2.39. The van der Waals surface area contributed by atoms with Gasteiger partial charge < -0.3 is 24.4 Å². The van der Waals surface area contributed by atoms with Crippen LogP contribution in [0.5, 0.6) is 0 Å². The monoisotopic (exact) mass is 511 g/mol. The van der Waals surface area contributed by atoms with Gasteiger partial charge in [-0.2, -0.15) is 0 Å². The molecule has 1 aromatic carbocycles. The van der Waals surface area contributed by atoms with Crippen molar-refractivity contribution in [2.45, 2.75) is 32.7 Å². The van der Waals surface area contributed by atoms with E-state index in [1.807, 2.05) is 64.4 Å². The molecule has 196 valence electrons. The van der Waals surface area contributed by atoms with Gasteiger partial charge in [-0.1, -0.05) is 32.0 Å². The Kier molecular flexibility index (Phi) is 6.18. The molecule has 38 heavy (non-hydrogen) atoms. The molecule has 6 rings (SSSR count). The van der Waals surface area contributed by atoms with Crippen molar-refractivity contribution in [3.63, 3.8) is 0 Å². The molecule has 1 amide bonds. The lowest BCUT2D eigenvalue weighted by molar-refractivity contribution is -0.130. The third kappa shape index (κ3) is 4.55. The molecule has 1 atom stereocenters. The van der Waals surface area contributed by atoms with Crippen LogP contribution in [-0.4, -0.2) is 54.3 Å². The highest BCUT2D eigenvalue weighted by Crippen LogP contribution is 2.48. The molecule has 1 unspecified atom stereocenters. The highest BCUT2D eigenvalue weighted by molar-refractivity contribution is 6.01. The van der Waals surface area contributed by atoms with Crippen molar-refractivity contribution < 1.29 is 14.0 Å². The van der Waals surface area contributed by atoms with E-state index in [1.165, 1.54) is 0 Å². The predicted octanol–water partition coefficient (Wildman–Crippen LogP) is 4.64. The maximum Gasteiger partial charge on any atom is 0.242 e. The average molecular weight is 512 g/mol. The number of hydrogen-bond acceptors (Lipinski definition) is 7. The molecular formula is C30H33N5O3. The third-order valence-corrected chi connectivity index (χ3v) is 7.73. The predicted molar refractivity (Wildman–Crippen MR) is 147 cm³/mol. The summed E-state index contributed by atoms with van der Waals surface area (Å²) in [5.41, 5.74) is 3.24. The van der Waals surface area contributed by atoms with Crippen LogP contribution >= 0.6 is 0 Å². The lowest BCUT2D eigenvalue weighted by Crippen LogP contribution is -2.52. The number of aromatic nitrogens is 1. The molecule has 0 saturated carbocycles. The summed E-state index contributed by atoms with van der Waals surface area (Å²) in [4.78, 5) is 38.1. The maximum atomic E-state index is 13.8. The maximum absolute atomic E-state index is 13.8. The standard InChI is InChI=1S/C30H33N5O3/c1-30(2)18-22-28(24(36)19-30)29(25-10-7-17-38-25)35(23-9-4-3-8-21(23)32-22)20-27(37)34-15-13-33(14-16-34)26-11-5-6-12-31-26/h3-12,17,29,32H,13-16,18-20H2,1-2H3. The molecule has 3 aliphatic rings. The summed E-state index contributed by atoms with van der Waals surface area (Å²) < 4.78 is 5.92. The number of carbonyl (C=O) groups excluding carboxylic acids is 2. The largest absolute Gasteiger partial charge is 0.467 e. The highest BCUT2D eigenvalue weighted by atomic mass is 16.3. The van der Waals surface area contributed by atoms with E-state index in [4.69, 9.17) is 4.42 Å². The minimum atomic E-state index is -0.487. The molecule has 2 aromatic heterocycles. The first-order chi connectivity index (χ1) is 18.4. The number of amides is 1. The second kappa shape index (κ2) is 9.67. The Hall–Kier alpha value is -4.07. The van der Waals surface area contributed by atoms with E-state index in [0.717, 1.165) is 42.4 Å². The van der Waals surface area contributed by atoms with Gasteiger partial charge >= 0.3 is 0 Å². The third-order valence-electron chi connectivity index (χ3n) is 7.73. The summed E-state index contributed by atoms with van der Waals surface area (Å²) >= 11 is 0. The molecule has 1 saturated heterocycles. The Morgan fingerprint density at radius 3 is 2.55 bits per heavy atom. The summed E-state index contributed by atoms with van der Waals surface area (Å²) in [6, 6.07) is 17.1. The van der Waals surface area contributed by atoms with Gasteiger partial charge in [-0.15, -0.1) is 0 Å². The Balaban J connectivity index is 1.33. The topological polar surface area (TPSA) is 81.9 Å². The number of benzene rings is 1. The number of fused-ring (bicyclic) bond motifs is 1. The first-order valence-electron chi connectivity index (χ1n) is 13.3. The summed E-state index contributed by atoms with van der Waals surface area (Å²) in [6.45, 7) is 7.09. The fourth-order valence-corrected chi connectivity index (χ4v) is 5.94. The number of Topliss-reactive ketones (excluding diaryl/α,β-unsaturated/α-hetero) is 1. The van der Waals surface area contributed by atoms with E-state index in [-0.39, 0.29) is 23.7 Å². The molecule has 0 spiro atoms. The second-order valence-corrected chi connectivity index (χ2v) is 11.1. The number of allylic oxidation sites excluding steroid dienone is 1. The number of carbonyl (C=O) groups is 2. The van der Waals surface area contributed by atoms with Gasteiger partial charge in [0.2, 0.25) is 5.91 Å². The van der Waals surface area contributed by atoms with Gasteiger partial charge in [0.1, 0.15) is 17.6 Å². The zero-order valence-corrected chi connectivity index (χ0v) is 21.9. The van der Waals surface area contributed by atoms with Crippen molar-refractivity contribution in [1.82, 2.24) is 9.88 Å². The summed E-state index contributed by atoms with van der Waals surface area (Å²) in [5.74, 6) is 1.73. The highest BCUT2D eigenvalue weighted by Gasteiger charge is 2.43. The SMILES string of the molecule is CC1(C)CC(=O)C2=C(C1)Nc1ccccc1N(CC(=O)N1CCN(c3ccccn3)CC1)C2c1ccco1. The Bertz CT molecular complexity index is 1360. The van der Waals surface area contributed by atoms with Crippen LogP contribution in [0.3, 0.4) is 0 Å². The van der Waals surface area contributed by atoms with E-state index >= 15 is 0 Å². The zero-order valence-electron chi connectivity index (χ0n) is 21.9. The number of nitrogens with one attached hydrogen (secondary N) is 1. The van der Waals surface area contributed by atoms with Gasteiger partial charge in [-0.05, 0) is 48.2 Å². The van der Waals surface area contributed by atoms with Gasteiger partial charge in [-0.25, -0.2) is 4.98 Å². The number of pyridine rings is 1. The average Bonchev–Trinajstić information content (AvgIpc) is 3.40. The van der Waals surface area contributed by atoms with Crippen LogP contribution in [0.4, 0.5) is 17.2 Å². The molecule has 3 aromatic rings. The number of furan rings is 1. The smallest absolute Gasteiger partial charge is 0.242 e. The molecular weight excluding hydrogens is 478 g/mol. The quantitative estimate of drug-likeness (QED) is 0.547. The number of rotatable bonds is 4. The van der Waals surface area contributed by atoms with E-state index in [1.54, 1.807) is 12.5 Å². The first-order valence-corrected chi connectivity index (χ1v) is 13.3. The van der Waals surface area contributed by atoms with Crippen molar-refractivity contribution >= 4 is 28.9 Å². The minimum absolute atomic E-state index is 0.0321. The fourth-order valence-electron chi connectivity index (χ4n) is 5.94. The van der Waals surface area contributed by atoms with Crippen LogP contribution in [-0.2, 0) is 9.59 Å². The van der Waals surface area contributed by atoms with Crippen LogP contribution in [0.2, 0.25) is 0 Å². The summed E-state index contributed by atoms with van der Waals surface area (Å²) in [5, 5.41) is 3.58. The first kappa shape index (κ1) is 24.3. The van der Waals surface area contributed by atoms with Crippen molar-refractivity contribution in [2.24, 2.45) is 5.41 Å². The Labute approximate surface area is 222 Å². The molecule has 1 N–H and O–H groups in total. The summed E-state index contributed by atoms with van der Waals surface area (Å²) in [6.07, 6.45) is 4.63. The molecule has 4 heterocycles. The van der Waals surface area contributed by atoms with E-state index in [0.29, 0.717) is 30.8 Å². The number of hydrogen-bond donors (Lipinski definition) is 1. The molecule has 2 aliphatic heterocycles. The van der Waals surface area contributed by atoms with Gasteiger partial charge in [0.25, 0.3) is 0 Å². The number of anilines is 3. The Morgan fingerprint density at radius 2 is 1.82 bits per heavy atom. The molecule has 1 fully saturated rings.